The molecular weight excluding hydrogens is 124 g/mol. The van der Waals surface area contributed by atoms with Crippen LogP contribution >= 0.6 is 0 Å². The smallest absolute Gasteiger partial charge is 0.0748 e. The number of fused-ring (bicyclic) bond motifs is 1. The molecule has 0 aromatic heterocycles. The van der Waals surface area contributed by atoms with Crippen LogP contribution in [0.2, 0.25) is 0 Å². The lowest BCUT2D eigenvalue weighted by molar-refractivity contribution is 0.103. The van der Waals surface area contributed by atoms with E-state index in [0.717, 1.165) is 19.3 Å². The summed E-state index contributed by atoms with van der Waals surface area (Å²) < 4.78 is 0. The van der Waals surface area contributed by atoms with Gasteiger partial charge in [-0.15, -0.1) is 0 Å². The van der Waals surface area contributed by atoms with Crippen LogP contribution in [0.25, 0.3) is 0 Å². The summed E-state index contributed by atoms with van der Waals surface area (Å²) in [6.07, 6.45) is 5.30. The molecule has 0 heterocycles. The standard InChI is InChI=1S/C9H14O/c1-7-3-4-9(10)6-8(9,2)5-7/h5,10H,3-4,6H2,1-2H3. The molecule has 10 heavy (non-hydrogen) atoms. The molecule has 0 aromatic carbocycles. The van der Waals surface area contributed by atoms with Gasteiger partial charge in [0.25, 0.3) is 0 Å². The van der Waals surface area contributed by atoms with Crippen molar-refractivity contribution in [3.05, 3.63) is 11.6 Å². The SMILES string of the molecule is CC1=CC2(C)CC2(O)CC1. The fraction of sp³-hybridized carbons (Fsp3) is 0.778. The predicted molar refractivity (Wildman–Crippen MR) is 40.7 cm³/mol. The van der Waals surface area contributed by atoms with Crippen LogP contribution in [-0.2, 0) is 0 Å². The van der Waals surface area contributed by atoms with Crippen LogP contribution in [0.5, 0.6) is 0 Å². The molecule has 56 valence electrons. The van der Waals surface area contributed by atoms with E-state index in [1.165, 1.54) is 5.57 Å². The van der Waals surface area contributed by atoms with Crippen LogP contribution in [0.1, 0.15) is 33.1 Å². The highest BCUT2D eigenvalue weighted by Crippen LogP contribution is 2.62. The minimum absolute atomic E-state index is 0.148. The molecule has 0 spiro atoms. The zero-order valence-corrected chi connectivity index (χ0v) is 6.65. The van der Waals surface area contributed by atoms with Crippen molar-refractivity contribution >= 4 is 0 Å². The van der Waals surface area contributed by atoms with Crippen LogP contribution in [-0.4, -0.2) is 10.7 Å². The first-order valence-corrected chi connectivity index (χ1v) is 3.97. The van der Waals surface area contributed by atoms with Crippen LogP contribution < -0.4 is 0 Å². The molecule has 2 aliphatic carbocycles. The summed E-state index contributed by atoms with van der Waals surface area (Å²) >= 11 is 0. The van der Waals surface area contributed by atoms with E-state index in [4.69, 9.17) is 0 Å². The van der Waals surface area contributed by atoms with Gasteiger partial charge in [0, 0.05) is 5.41 Å². The Morgan fingerprint density at radius 1 is 1.60 bits per heavy atom. The number of rotatable bonds is 0. The maximum atomic E-state index is 9.78. The average Bonchev–Trinajstić information content (AvgIpc) is 2.33. The highest BCUT2D eigenvalue weighted by molar-refractivity contribution is 5.29. The van der Waals surface area contributed by atoms with E-state index in [0.29, 0.717) is 0 Å². The van der Waals surface area contributed by atoms with Gasteiger partial charge in [-0.3, -0.25) is 0 Å². The van der Waals surface area contributed by atoms with Gasteiger partial charge in [-0.1, -0.05) is 18.6 Å². The minimum atomic E-state index is -0.313. The van der Waals surface area contributed by atoms with Gasteiger partial charge in [0.2, 0.25) is 0 Å². The van der Waals surface area contributed by atoms with Gasteiger partial charge in [0.1, 0.15) is 0 Å². The topological polar surface area (TPSA) is 20.2 Å². The Morgan fingerprint density at radius 2 is 2.30 bits per heavy atom. The van der Waals surface area contributed by atoms with Gasteiger partial charge in [-0.25, -0.2) is 0 Å². The Labute approximate surface area is 61.8 Å². The van der Waals surface area contributed by atoms with Crippen molar-refractivity contribution in [2.75, 3.05) is 0 Å². The fourth-order valence-electron chi connectivity index (χ4n) is 2.14. The summed E-state index contributed by atoms with van der Waals surface area (Å²) in [5.41, 5.74) is 1.28. The molecule has 0 radical (unpaired) electrons. The number of hydrogen-bond acceptors (Lipinski definition) is 1. The Hall–Kier alpha value is -0.300. The maximum absolute atomic E-state index is 9.78. The molecule has 1 fully saturated rings. The fourth-order valence-corrected chi connectivity index (χ4v) is 2.14. The van der Waals surface area contributed by atoms with Gasteiger partial charge >= 0.3 is 0 Å². The summed E-state index contributed by atoms with van der Waals surface area (Å²) in [5.74, 6) is 0. The summed E-state index contributed by atoms with van der Waals surface area (Å²) in [5, 5.41) is 9.78. The van der Waals surface area contributed by atoms with Gasteiger partial charge in [0.05, 0.1) is 5.60 Å². The van der Waals surface area contributed by atoms with E-state index < -0.39 is 0 Å². The van der Waals surface area contributed by atoms with Gasteiger partial charge in [-0.2, -0.15) is 0 Å². The number of aliphatic hydroxyl groups is 1. The molecule has 0 bridgehead atoms. The molecule has 2 atom stereocenters. The summed E-state index contributed by atoms with van der Waals surface area (Å²) in [4.78, 5) is 0. The van der Waals surface area contributed by atoms with E-state index >= 15 is 0 Å². The summed E-state index contributed by atoms with van der Waals surface area (Å²) in [6, 6.07) is 0. The largest absolute Gasteiger partial charge is 0.389 e. The first-order valence-electron chi connectivity index (χ1n) is 3.97. The molecule has 0 aliphatic heterocycles. The minimum Gasteiger partial charge on any atom is -0.389 e. The van der Waals surface area contributed by atoms with Crippen molar-refractivity contribution in [2.45, 2.75) is 38.7 Å². The van der Waals surface area contributed by atoms with Crippen LogP contribution in [0.15, 0.2) is 11.6 Å². The second-order valence-corrected chi connectivity index (χ2v) is 4.12. The highest BCUT2D eigenvalue weighted by atomic mass is 16.3. The summed E-state index contributed by atoms with van der Waals surface area (Å²) in [7, 11) is 0. The Kier molecular flexibility index (Phi) is 0.946. The van der Waals surface area contributed by atoms with E-state index in [1.807, 2.05) is 0 Å². The van der Waals surface area contributed by atoms with Gasteiger partial charge < -0.3 is 5.11 Å². The van der Waals surface area contributed by atoms with E-state index in [-0.39, 0.29) is 11.0 Å². The Bertz CT molecular complexity index is 207. The molecule has 2 aliphatic rings. The molecule has 1 nitrogen and oxygen atoms in total. The summed E-state index contributed by atoms with van der Waals surface area (Å²) in [6.45, 7) is 4.30. The van der Waals surface area contributed by atoms with Crippen molar-refractivity contribution in [2.24, 2.45) is 5.41 Å². The van der Waals surface area contributed by atoms with Crippen molar-refractivity contribution in [1.82, 2.24) is 0 Å². The second kappa shape index (κ2) is 1.48. The zero-order valence-electron chi connectivity index (χ0n) is 6.65. The third-order valence-corrected chi connectivity index (χ3v) is 3.10. The van der Waals surface area contributed by atoms with Crippen molar-refractivity contribution in [1.29, 1.82) is 0 Å². The first-order chi connectivity index (χ1) is 4.56. The molecule has 1 saturated carbocycles. The zero-order chi connectivity index (χ0) is 7.41. The molecule has 0 saturated heterocycles. The lowest BCUT2D eigenvalue weighted by atomic mass is 9.90. The molecule has 0 amide bonds. The van der Waals surface area contributed by atoms with Crippen LogP contribution in [0.3, 0.4) is 0 Å². The quantitative estimate of drug-likeness (QED) is 0.507. The van der Waals surface area contributed by atoms with Crippen molar-refractivity contribution < 1.29 is 5.11 Å². The third kappa shape index (κ3) is 0.615. The Balaban J connectivity index is 2.31. The third-order valence-electron chi connectivity index (χ3n) is 3.10. The molecule has 1 N–H and O–H groups in total. The molecule has 1 heteroatoms. The van der Waals surface area contributed by atoms with Crippen molar-refractivity contribution in [3.63, 3.8) is 0 Å². The number of hydrogen-bond donors (Lipinski definition) is 1. The molecular formula is C9H14O. The van der Waals surface area contributed by atoms with E-state index in [2.05, 4.69) is 19.9 Å². The number of allylic oxidation sites excluding steroid dienone is 1. The average molecular weight is 138 g/mol. The molecule has 0 aromatic rings. The first kappa shape index (κ1) is 6.41. The van der Waals surface area contributed by atoms with Gasteiger partial charge in [-0.05, 0) is 26.2 Å². The van der Waals surface area contributed by atoms with E-state index in [1.54, 1.807) is 0 Å². The Morgan fingerprint density at radius 3 is 2.80 bits per heavy atom. The highest BCUT2D eigenvalue weighted by Gasteiger charge is 2.62. The second-order valence-electron chi connectivity index (χ2n) is 4.12. The molecule has 2 unspecified atom stereocenters. The van der Waals surface area contributed by atoms with E-state index in [9.17, 15) is 5.11 Å². The van der Waals surface area contributed by atoms with Gasteiger partial charge in [0.15, 0.2) is 0 Å². The maximum Gasteiger partial charge on any atom is 0.0748 e. The van der Waals surface area contributed by atoms with Crippen LogP contribution in [0.4, 0.5) is 0 Å². The van der Waals surface area contributed by atoms with Crippen LogP contribution in [0, 0.1) is 5.41 Å². The monoisotopic (exact) mass is 138 g/mol. The lowest BCUT2D eigenvalue weighted by Crippen LogP contribution is -2.19. The molecule has 2 rings (SSSR count). The lowest BCUT2D eigenvalue weighted by Gasteiger charge is -2.20. The predicted octanol–water partition coefficient (Wildman–Crippen LogP) is 1.87. The van der Waals surface area contributed by atoms with Crippen molar-refractivity contribution in [3.8, 4) is 0 Å². The normalized spacial score (nSPS) is 51.7.